The summed E-state index contributed by atoms with van der Waals surface area (Å²) in [7, 11) is -10.0. The van der Waals surface area contributed by atoms with E-state index in [1.807, 2.05) is 18.2 Å². The summed E-state index contributed by atoms with van der Waals surface area (Å²) in [6.07, 6.45) is 88.3. The van der Waals surface area contributed by atoms with Gasteiger partial charge in [-0.3, -0.25) is 37.3 Å². The third-order valence-electron chi connectivity index (χ3n) is 16.0. The summed E-state index contributed by atoms with van der Waals surface area (Å²) in [6, 6.07) is 0. The molecule has 0 fully saturated rings. The van der Waals surface area contributed by atoms with Crippen LogP contribution in [0, 0.1) is 0 Å². The van der Waals surface area contributed by atoms with Gasteiger partial charge in [-0.2, -0.15) is 0 Å². The Kier molecular flexibility index (Phi) is 72.0. The molecule has 0 saturated heterocycles. The van der Waals surface area contributed by atoms with E-state index in [0.717, 1.165) is 161 Å². The first-order valence-corrected chi connectivity index (χ1v) is 42.7. The topological polar surface area (TPSA) is 237 Å². The van der Waals surface area contributed by atoms with Gasteiger partial charge in [-0.25, -0.2) is 9.13 Å². The summed E-state index contributed by atoms with van der Waals surface area (Å²) in [5.74, 6) is -2.38. The van der Waals surface area contributed by atoms with Crippen molar-refractivity contribution < 1.29 is 80.2 Å². The number of phosphoric ester groups is 2. The lowest BCUT2D eigenvalue weighted by molar-refractivity contribution is -0.161. The number of phosphoric acid groups is 2. The fraction of sp³-hybridized carbons (Fsp3) is 0.647. The van der Waals surface area contributed by atoms with Gasteiger partial charge in [0.2, 0.25) is 0 Å². The van der Waals surface area contributed by atoms with E-state index in [1.54, 1.807) is 6.08 Å². The van der Waals surface area contributed by atoms with Gasteiger partial charge in [0.05, 0.1) is 32.8 Å². The molecule has 592 valence electrons. The number of carbonyl (C=O) groups excluding carboxylic acids is 4. The standard InChI is InChI=1S/C85H140O17P2/c1-5-9-13-17-21-25-29-32-35-37-39-41-44-47-51-54-58-62-66-70-83(88)96-76-81(102-85(90)72-68-64-60-56-52-48-45-42-40-38-36-33-30-26-22-18-14-10-6-2)78-100-104(93,94)98-74-79(86)73-97-103(91,92)99-77-80(101-84(89)71-67-63-59-55-49-28-24-20-16-12-8-4)75-95-82(87)69-65-61-57-53-50-46-43-34-31-27-23-19-15-11-7-3/h9,11,13,15,21-23,25-27,32-36,39-43,47,50-51,53,61,65,79-81,86H,5-8,10,12,14,16-20,24,28-31,37-38,44-46,48-49,52,54-60,62-64,66-78H2,1-4H3,(H,91,92)(H,93,94)/b13-9-,15-11-,25-21-,26-22-,27-23-,35-32-,36-33-,41-39-,42-40-,43-34-,51-47-,53-50-,65-61-. The molecule has 104 heavy (non-hydrogen) atoms. The van der Waals surface area contributed by atoms with Gasteiger partial charge in [0.15, 0.2) is 12.2 Å². The summed E-state index contributed by atoms with van der Waals surface area (Å²) in [5.41, 5.74) is 0. The van der Waals surface area contributed by atoms with Crippen molar-refractivity contribution in [1.29, 1.82) is 0 Å². The van der Waals surface area contributed by atoms with Crippen LogP contribution in [0.2, 0.25) is 0 Å². The quantitative estimate of drug-likeness (QED) is 0.0169. The number of ether oxygens (including phenoxy) is 4. The summed E-state index contributed by atoms with van der Waals surface area (Å²) >= 11 is 0. The molecule has 0 bridgehead atoms. The van der Waals surface area contributed by atoms with Crippen LogP contribution < -0.4 is 0 Å². The predicted octanol–water partition coefficient (Wildman–Crippen LogP) is 23.2. The highest BCUT2D eigenvalue weighted by Crippen LogP contribution is 2.45. The number of aliphatic hydroxyl groups excluding tert-OH is 1. The second kappa shape index (κ2) is 75.9. The molecule has 0 saturated carbocycles. The van der Waals surface area contributed by atoms with Crippen molar-refractivity contribution in [2.75, 3.05) is 39.6 Å². The van der Waals surface area contributed by atoms with E-state index in [9.17, 15) is 43.2 Å². The molecule has 0 radical (unpaired) electrons. The lowest BCUT2D eigenvalue weighted by atomic mass is 10.1. The first-order chi connectivity index (χ1) is 50.7. The van der Waals surface area contributed by atoms with Crippen LogP contribution in [0.25, 0.3) is 0 Å². The maximum Gasteiger partial charge on any atom is 0.472 e. The van der Waals surface area contributed by atoms with E-state index in [4.69, 9.17) is 37.0 Å². The van der Waals surface area contributed by atoms with Gasteiger partial charge in [-0.15, -0.1) is 0 Å². The number of rotatable bonds is 73. The zero-order valence-corrected chi connectivity index (χ0v) is 66.4. The zero-order chi connectivity index (χ0) is 76.0. The molecule has 0 aliphatic rings. The summed E-state index contributed by atoms with van der Waals surface area (Å²) in [6.45, 7) is 4.44. The van der Waals surface area contributed by atoms with Crippen LogP contribution in [0.5, 0.6) is 0 Å². The number of hydrogen-bond acceptors (Lipinski definition) is 15. The van der Waals surface area contributed by atoms with Crippen molar-refractivity contribution in [3.8, 4) is 0 Å². The largest absolute Gasteiger partial charge is 0.472 e. The first-order valence-electron chi connectivity index (χ1n) is 39.7. The number of esters is 4. The minimum absolute atomic E-state index is 0.0658. The summed E-state index contributed by atoms with van der Waals surface area (Å²) in [4.78, 5) is 72.9. The lowest BCUT2D eigenvalue weighted by Gasteiger charge is -2.21. The lowest BCUT2D eigenvalue weighted by Crippen LogP contribution is -2.30. The van der Waals surface area contributed by atoms with Crippen LogP contribution in [0.3, 0.4) is 0 Å². The van der Waals surface area contributed by atoms with Gasteiger partial charge < -0.3 is 33.8 Å². The van der Waals surface area contributed by atoms with Gasteiger partial charge >= 0.3 is 39.5 Å². The second-order valence-corrected chi connectivity index (χ2v) is 28.8. The molecule has 0 aromatic rings. The fourth-order valence-electron chi connectivity index (χ4n) is 10.0. The minimum atomic E-state index is -5.00. The van der Waals surface area contributed by atoms with Crippen molar-refractivity contribution in [3.63, 3.8) is 0 Å². The molecule has 0 spiro atoms. The van der Waals surface area contributed by atoms with Gasteiger partial charge in [0, 0.05) is 19.3 Å². The maximum absolute atomic E-state index is 13.1. The summed E-state index contributed by atoms with van der Waals surface area (Å²) in [5, 5.41) is 10.6. The normalized spacial score (nSPS) is 14.7. The van der Waals surface area contributed by atoms with Crippen LogP contribution >= 0.6 is 15.6 Å². The Morgan fingerprint density at radius 1 is 0.288 bits per heavy atom. The number of hydrogen-bond donors (Lipinski definition) is 3. The SMILES string of the molecule is CC/C=C\C/C=C\C/C=C\C/C=C\C/C=C\CCCCCC(=O)OCC(COP(=O)(O)OCC(O)COP(=O)(O)OCC(COC(=O)C/C=C\C/C=C\C/C=C\C/C=C\C/C=C\CC)OC(=O)CCCCCCCCCCCCC)OC(=O)CCCCCCCC/C=C\C/C=C\C/C=C\CCCCC. The number of allylic oxidation sites excluding steroid dienone is 25. The van der Waals surface area contributed by atoms with Crippen LogP contribution in [-0.2, 0) is 65.4 Å². The molecule has 5 unspecified atom stereocenters. The Morgan fingerprint density at radius 2 is 0.538 bits per heavy atom. The van der Waals surface area contributed by atoms with Gasteiger partial charge in [0.1, 0.15) is 19.3 Å². The summed E-state index contributed by atoms with van der Waals surface area (Å²) < 4.78 is 68.4. The average Bonchev–Trinajstić information content (AvgIpc) is 0.928. The van der Waals surface area contributed by atoms with Crippen molar-refractivity contribution in [2.45, 2.75) is 316 Å². The Balaban J connectivity index is 5.45. The highest BCUT2D eigenvalue weighted by Gasteiger charge is 2.30. The van der Waals surface area contributed by atoms with Crippen LogP contribution in [-0.4, -0.2) is 96.7 Å². The smallest absolute Gasteiger partial charge is 0.462 e. The predicted molar refractivity (Wildman–Crippen MR) is 427 cm³/mol. The van der Waals surface area contributed by atoms with Crippen molar-refractivity contribution in [2.24, 2.45) is 0 Å². The molecular formula is C85H140O17P2. The Hall–Kier alpha value is -5.32. The zero-order valence-electron chi connectivity index (χ0n) is 64.6. The highest BCUT2D eigenvalue weighted by atomic mass is 31.2. The molecule has 0 amide bonds. The molecule has 17 nitrogen and oxygen atoms in total. The Bertz CT molecular complexity index is 2590. The van der Waals surface area contributed by atoms with E-state index >= 15 is 0 Å². The maximum atomic E-state index is 13.1. The average molecular weight is 1500 g/mol. The molecule has 0 rings (SSSR count). The minimum Gasteiger partial charge on any atom is -0.462 e. The van der Waals surface area contributed by atoms with Crippen molar-refractivity contribution in [3.05, 3.63) is 158 Å². The van der Waals surface area contributed by atoms with E-state index < -0.39 is 97.5 Å². The Labute approximate surface area is 629 Å². The van der Waals surface area contributed by atoms with Gasteiger partial charge in [-0.1, -0.05) is 295 Å². The van der Waals surface area contributed by atoms with Crippen molar-refractivity contribution >= 4 is 39.5 Å². The molecule has 0 aromatic heterocycles. The van der Waals surface area contributed by atoms with E-state index in [1.165, 1.54) is 57.8 Å². The van der Waals surface area contributed by atoms with Crippen molar-refractivity contribution in [1.82, 2.24) is 0 Å². The first kappa shape index (κ1) is 98.7. The molecule has 0 heterocycles. The highest BCUT2D eigenvalue weighted by molar-refractivity contribution is 7.47. The van der Waals surface area contributed by atoms with E-state index in [2.05, 4.69) is 161 Å². The third-order valence-corrected chi connectivity index (χ3v) is 17.9. The molecule has 5 atom stereocenters. The third kappa shape index (κ3) is 74.9. The van der Waals surface area contributed by atoms with Gasteiger partial charge in [-0.05, 0) is 135 Å². The molecular weight excluding hydrogens is 1350 g/mol. The van der Waals surface area contributed by atoms with E-state index in [-0.39, 0.29) is 25.7 Å². The second-order valence-electron chi connectivity index (χ2n) is 25.9. The molecule has 3 N–H and O–H groups in total. The number of aliphatic hydroxyl groups is 1. The molecule has 0 aliphatic carbocycles. The monoisotopic (exact) mass is 1490 g/mol. The fourth-order valence-corrected chi connectivity index (χ4v) is 11.6. The van der Waals surface area contributed by atoms with E-state index in [0.29, 0.717) is 25.7 Å². The van der Waals surface area contributed by atoms with Crippen LogP contribution in [0.1, 0.15) is 297 Å². The number of unbranched alkanes of at least 4 members (excludes halogenated alkanes) is 22. The number of carbonyl (C=O) groups is 4. The van der Waals surface area contributed by atoms with Crippen LogP contribution in [0.15, 0.2) is 158 Å². The van der Waals surface area contributed by atoms with Gasteiger partial charge in [0.25, 0.3) is 0 Å². The molecule has 19 heteroatoms. The Morgan fingerprint density at radius 3 is 0.885 bits per heavy atom. The molecule has 0 aromatic carbocycles. The van der Waals surface area contributed by atoms with Crippen LogP contribution in [0.4, 0.5) is 0 Å². The molecule has 0 aliphatic heterocycles.